The van der Waals surface area contributed by atoms with Crippen molar-refractivity contribution in [3.63, 3.8) is 0 Å². The zero-order valence-electron chi connectivity index (χ0n) is 7.90. The van der Waals surface area contributed by atoms with Gasteiger partial charge in [0.05, 0.1) is 15.4 Å². The highest BCUT2D eigenvalue weighted by atomic mass is 32.1. The van der Waals surface area contributed by atoms with Crippen LogP contribution in [0.3, 0.4) is 0 Å². The number of hydrogen-bond acceptors (Lipinski definition) is 2. The average Bonchev–Trinajstić information content (AvgIpc) is 2.78. The molecule has 0 bridgehead atoms. The molecule has 0 aliphatic rings. The molecule has 0 atom stereocenters. The van der Waals surface area contributed by atoms with Gasteiger partial charge in [-0.2, -0.15) is 0 Å². The standard InChI is InChI=1S/C13H7NS/c1-3-10-5-7-12(14-9-10)13-8-6-11(4-2)15-13/h1-2,5-9H. The summed E-state index contributed by atoms with van der Waals surface area (Å²) >= 11 is 1.55. The molecular weight excluding hydrogens is 202 g/mol. The lowest BCUT2D eigenvalue weighted by molar-refractivity contribution is 1.32. The van der Waals surface area contributed by atoms with Gasteiger partial charge < -0.3 is 0 Å². The summed E-state index contributed by atoms with van der Waals surface area (Å²) in [6.07, 6.45) is 12.2. The molecule has 2 heteroatoms. The molecule has 2 rings (SSSR count). The van der Waals surface area contributed by atoms with Crippen LogP contribution in [0.1, 0.15) is 10.4 Å². The maximum absolute atomic E-state index is 5.30. The Labute approximate surface area is 92.8 Å². The highest BCUT2D eigenvalue weighted by Crippen LogP contribution is 2.25. The monoisotopic (exact) mass is 209 g/mol. The molecule has 0 fully saturated rings. The van der Waals surface area contributed by atoms with Gasteiger partial charge in [-0.15, -0.1) is 24.2 Å². The number of hydrogen-bond donors (Lipinski definition) is 0. The van der Waals surface area contributed by atoms with Gasteiger partial charge >= 0.3 is 0 Å². The number of nitrogens with zero attached hydrogens (tertiary/aromatic N) is 1. The highest BCUT2D eigenvalue weighted by Gasteiger charge is 2.02. The van der Waals surface area contributed by atoms with E-state index in [0.717, 1.165) is 21.0 Å². The first-order valence-electron chi connectivity index (χ1n) is 4.33. The van der Waals surface area contributed by atoms with Crippen LogP contribution >= 0.6 is 11.3 Å². The smallest absolute Gasteiger partial charge is 0.0803 e. The van der Waals surface area contributed by atoms with Crippen LogP contribution in [0.2, 0.25) is 0 Å². The van der Waals surface area contributed by atoms with E-state index in [0.29, 0.717) is 0 Å². The van der Waals surface area contributed by atoms with Gasteiger partial charge in [0.25, 0.3) is 0 Å². The van der Waals surface area contributed by atoms with E-state index in [1.807, 2.05) is 24.3 Å². The summed E-state index contributed by atoms with van der Waals surface area (Å²) in [4.78, 5) is 6.24. The van der Waals surface area contributed by atoms with Crippen LogP contribution in [0.5, 0.6) is 0 Å². The van der Waals surface area contributed by atoms with E-state index in [1.54, 1.807) is 17.5 Å². The molecule has 2 aromatic rings. The third-order valence-corrected chi connectivity index (χ3v) is 2.97. The third-order valence-electron chi connectivity index (χ3n) is 1.93. The predicted octanol–water partition coefficient (Wildman–Crippen LogP) is 2.77. The van der Waals surface area contributed by atoms with Gasteiger partial charge in [0.15, 0.2) is 0 Å². The molecule has 0 aliphatic heterocycles. The molecule has 0 saturated heterocycles. The third kappa shape index (κ3) is 1.91. The lowest BCUT2D eigenvalue weighted by Crippen LogP contribution is -1.81. The number of terminal acetylenes is 2. The molecule has 0 aliphatic carbocycles. The molecule has 0 radical (unpaired) electrons. The molecule has 70 valence electrons. The Morgan fingerprint density at radius 3 is 2.47 bits per heavy atom. The van der Waals surface area contributed by atoms with Crippen LogP contribution < -0.4 is 0 Å². The second kappa shape index (κ2) is 4.00. The van der Waals surface area contributed by atoms with E-state index < -0.39 is 0 Å². The average molecular weight is 209 g/mol. The highest BCUT2D eigenvalue weighted by molar-refractivity contribution is 7.16. The molecule has 2 aromatic heterocycles. The predicted molar refractivity (Wildman–Crippen MR) is 63.4 cm³/mol. The molecule has 0 N–H and O–H groups in total. The second-order valence-corrected chi connectivity index (χ2v) is 3.97. The van der Waals surface area contributed by atoms with Gasteiger partial charge in [-0.3, -0.25) is 4.98 Å². The van der Waals surface area contributed by atoms with E-state index in [9.17, 15) is 0 Å². The normalized spacial score (nSPS) is 9.20. The summed E-state index contributed by atoms with van der Waals surface area (Å²) in [6.45, 7) is 0. The second-order valence-electron chi connectivity index (χ2n) is 2.88. The van der Waals surface area contributed by atoms with Crippen LogP contribution in [-0.4, -0.2) is 4.98 Å². The summed E-state index contributed by atoms with van der Waals surface area (Å²) in [6, 6.07) is 7.66. The fourth-order valence-electron chi connectivity index (χ4n) is 1.18. The molecule has 15 heavy (non-hydrogen) atoms. The molecule has 1 nitrogen and oxygen atoms in total. The Morgan fingerprint density at radius 1 is 1.07 bits per heavy atom. The van der Waals surface area contributed by atoms with Crippen LogP contribution in [0, 0.1) is 24.7 Å². The Bertz CT molecular complexity index is 549. The largest absolute Gasteiger partial charge is 0.254 e. The first-order chi connectivity index (χ1) is 7.33. The van der Waals surface area contributed by atoms with Crippen LogP contribution in [0.4, 0.5) is 0 Å². The number of rotatable bonds is 1. The van der Waals surface area contributed by atoms with Crippen molar-refractivity contribution in [2.24, 2.45) is 0 Å². The van der Waals surface area contributed by atoms with Crippen LogP contribution in [0.15, 0.2) is 30.5 Å². The summed E-state index contributed by atoms with van der Waals surface area (Å²) in [5, 5.41) is 0. The Balaban J connectivity index is 2.39. The molecule has 0 unspecified atom stereocenters. The lowest BCUT2D eigenvalue weighted by atomic mass is 10.2. The molecule has 0 saturated carbocycles. The zero-order valence-corrected chi connectivity index (χ0v) is 8.71. The molecule has 0 spiro atoms. The van der Waals surface area contributed by atoms with E-state index in [4.69, 9.17) is 12.8 Å². The molecular formula is C13H7NS. The van der Waals surface area contributed by atoms with E-state index in [1.165, 1.54) is 0 Å². The Kier molecular flexibility index (Phi) is 2.54. The van der Waals surface area contributed by atoms with Crippen molar-refractivity contribution in [1.82, 2.24) is 4.98 Å². The fraction of sp³-hybridized carbons (Fsp3) is 0. The minimum Gasteiger partial charge on any atom is -0.254 e. The lowest BCUT2D eigenvalue weighted by Gasteiger charge is -1.95. The van der Waals surface area contributed by atoms with Gasteiger partial charge in [0, 0.05) is 11.8 Å². The van der Waals surface area contributed by atoms with E-state index in [2.05, 4.69) is 16.8 Å². The van der Waals surface area contributed by atoms with Crippen molar-refractivity contribution in [2.75, 3.05) is 0 Å². The SMILES string of the molecule is C#Cc1ccc(-c2ccc(C#C)s2)nc1. The first kappa shape index (κ1) is 9.52. The van der Waals surface area contributed by atoms with Crippen molar-refractivity contribution in [3.8, 4) is 35.3 Å². The summed E-state index contributed by atoms with van der Waals surface area (Å²) in [5.41, 5.74) is 1.69. The van der Waals surface area contributed by atoms with Gasteiger partial charge in [-0.25, -0.2) is 0 Å². The van der Waals surface area contributed by atoms with Crippen molar-refractivity contribution in [1.29, 1.82) is 0 Å². The van der Waals surface area contributed by atoms with Crippen LogP contribution in [-0.2, 0) is 0 Å². The molecule has 0 amide bonds. The number of aromatic nitrogens is 1. The zero-order chi connectivity index (χ0) is 10.7. The van der Waals surface area contributed by atoms with Gasteiger partial charge in [-0.1, -0.05) is 11.8 Å². The van der Waals surface area contributed by atoms with Crippen molar-refractivity contribution >= 4 is 11.3 Å². The van der Waals surface area contributed by atoms with Gasteiger partial charge in [0.1, 0.15) is 0 Å². The minimum atomic E-state index is 0.785. The summed E-state index contributed by atoms with van der Waals surface area (Å²) < 4.78 is 0. The summed E-state index contributed by atoms with van der Waals surface area (Å²) in [5.74, 6) is 5.13. The Hall–Kier alpha value is -2.03. The number of pyridine rings is 1. The van der Waals surface area contributed by atoms with Crippen molar-refractivity contribution in [3.05, 3.63) is 40.9 Å². The van der Waals surface area contributed by atoms with E-state index >= 15 is 0 Å². The first-order valence-corrected chi connectivity index (χ1v) is 5.14. The van der Waals surface area contributed by atoms with Crippen molar-refractivity contribution in [2.45, 2.75) is 0 Å². The quantitative estimate of drug-likeness (QED) is 0.658. The molecule has 0 aromatic carbocycles. The van der Waals surface area contributed by atoms with Gasteiger partial charge in [0.2, 0.25) is 0 Å². The minimum absolute atomic E-state index is 0.785. The maximum atomic E-state index is 5.30. The number of thiophene rings is 1. The maximum Gasteiger partial charge on any atom is 0.0803 e. The van der Waals surface area contributed by atoms with Gasteiger partial charge in [-0.05, 0) is 24.3 Å². The topological polar surface area (TPSA) is 12.9 Å². The molecule has 2 heterocycles. The summed E-state index contributed by atoms with van der Waals surface area (Å²) in [7, 11) is 0. The van der Waals surface area contributed by atoms with Crippen LogP contribution in [0.25, 0.3) is 10.6 Å². The fourth-order valence-corrected chi connectivity index (χ4v) is 1.97. The Morgan fingerprint density at radius 2 is 1.93 bits per heavy atom. The van der Waals surface area contributed by atoms with Crippen molar-refractivity contribution < 1.29 is 0 Å². The van der Waals surface area contributed by atoms with E-state index in [-0.39, 0.29) is 0 Å².